The Morgan fingerprint density at radius 1 is 1.58 bits per heavy atom. The van der Waals surface area contributed by atoms with Crippen molar-refractivity contribution in [2.75, 3.05) is 0 Å². The molecule has 1 aromatic rings. The largest absolute Gasteiger partial charge is 0.324 e. The van der Waals surface area contributed by atoms with E-state index in [9.17, 15) is 0 Å². The molecule has 0 amide bonds. The molecular weight excluding hydrogens is 172 g/mol. The van der Waals surface area contributed by atoms with Crippen molar-refractivity contribution in [3.8, 4) is 0 Å². The van der Waals surface area contributed by atoms with E-state index in [1.807, 2.05) is 6.07 Å². The zero-order valence-corrected chi connectivity index (χ0v) is 7.88. The first kappa shape index (κ1) is 9.49. The molecule has 1 rings (SSSR count). The van der Waals surface area contributed by atoms with Gasteiger partial charge in [0.2, 0.25) is 0 Å². The van der Waals surface area contributed by atoms with Crippen LogP contribution in [-0.2, 0) is 0 Å². The smallest absolute Gasteiger partial charge is 0.129 e. The minimum atomic E-state index is 0.0970. The van der Waals surface area contributed by atoms with Gasteiger partial charge in [0.25, 0.3) is 0 Å². The highest BCUT2D eigenvalue weighted by molar-refractivity contribution is 6.29. The van der Waals surface area contributed by atoms with Gasteiger partial charge in [0.1, 0.15) is 5.15 Å². The molecule has 2 nitrogen and oxygen atoms in total. The van der Waals surface area contributed by atoms with Crippen LogP contribution in [0.25, 0.3) is 0 Å². The van der Waals surface area contributed by atoms with Gasteiger partial charge < -0.3 is 5.73 Å². The topological polar surface area (TPSA) is 38.9 Å². The normalized spacial score (nSPS) is 12.9. The lowest BCUT2D eigenvalue weighted by atomic mass is 10.1. The standard InChI is InChI=1S/C9H13ClN2/c1-2-3-8(11)7-4-5-9(10)12-6-7/h4-6,8H,2-3,11H2,1H3/t8-/m0/s1. The Kier molecular flexibility index (Phi) is 3.50. The molecule has 3 heteroatoms. The Hall–Kier alpha value is -0.600. The van der Waals surface area contributed by atoms with Crippen molar-refractivity contribution < 1.29 is 0 Å². The molecule has 0 fully saturated rings. The highest BCUT2D eigenvalue weighted by atomic mass is 35.5. The van der Waals surface area contributed by atoms with Crippen LogP contribution in [0.1, 0.15) is 31.4 Å². The predicted octanol–water partition coefficient (Wildman–Crippen LogP) is 2.53. The van der Waals surface area contributed by atoms with Gasteiger partial charge in [0.15, 0.2) is 0 Å². The van der Waals surface area contributed by atoms with Gasteiger partial charge in [-0.1, -0.05) is 31.0 Å². The molecule has 0 aliphatic heterocycles. The van der Waals surface area contributed by atoms with Crippen LogP contribution in [0.15, 0.2) is 18.3 Å². The summed E-state index contributed by atoms with van der Waals surface area (Å²) in [4.78, 5) is 3.97. The van der Waals surface area contributed by atoms with Crippen LogP contribution >= 0.6 is 11.6 Å². The Morgan fingerprint density at radius 3 is 2.83 bits per heavy atom. The summed E-state index contributed by atoms with van der Waals surface area (Å²) in [5.74, 6) is 0. The lowest BCUT2D eigenvalue weighted by molar-refractivity contribution is 0.636. The summed E-state index contributed by atoms with van der Waals surface area (Å²) < 4.78 is 0. The van der Waals surface area contributed by atoms with Crippen molar-refractivity contribution in [2.45, 2.75) is 25.8 Å². The highest BCUT2D eigenvalue weighted by Gasteiger charge is 2.03. The van der Waals surface area contributed by atoms with Crippen LogP contribution in [0.2, 0.25) is 5.15 Å². The summed E-state index contributed by atoms with van der Waals surface area (Å²) in [5.41, 5.74) is 6.93. The van der Waals surface area contributed by atoms with Crippen LogP contribution in [0.5, 0.6) is 0 Å². The average molecular weight is 185 g/mol. The lowest BCUT2D eigenvalue weighted by Crippen LogP contribution is -2.09. The molecule has 0 bridgehead atoms. The molecule has 0 radical (unpaired) electrons. The quantitative estimate of drug-likeness (QED) is 0.734. The Bertz CT molecular complexity index is 233. The molecule has 66 valence electrons. The Balaban J connectivity index is 2.68. The minimum Gasteiger partial charge on any atom is -0.324 e. The maximum Gasteiger partial charge on any atom is 0.129 e. The fraction of sp³-hybridized carbons (Fsp3) is 0.444. The molecule has 0 saturated carbocycles. The molecule has 0 aliphatic carbocycles. The third-order valence-corrected chi connectivity index (χ3v) is 2.00. The third-order valence-electron chi connectivity index (χ3n) is 1.78. The zero-order valence-electron chi connectivity index (χ0n) is 7.13. The number of hydrogen-bond donors (Lipinski definition) is 1. The van der Waals surface area contributed by atoms with Crippen LogP contribution in [-0.4, -0.2) is 4.98 Å². The van der Waals surface area contributed by atoms with Gasteiger partial charge in [-0.05, 0) is 18.1 Å². The summed E-state index contributed by atoms with van der Waals surface area (Å²) >= 11 is 5.64. The lowest BCUT2D eigenvalue weighted by Gasteiger charge is -2.09. The fourth-order valence-corrected chi connectivity index (χ4v) is 1.20. The first-order valence-corrected chi connectivity index (χ1v) is 4.49. The number of pyridine rings is 1. The van der Waals surface area contributed by atoms with E-state index in [-0.39, 0.29) is 6.04 Å². The summed E-state index contributed by atoms with van der Waals surface area (Å²) in [6.07, 6.45) is 3.82. The van der Waals surface area contributed by atoms with Crippen LogP contribution in [0, 0.1) is 0 Å². The van der Waals surface area contributed by atoms with E-state index < -0.39 is 0 Å². The fourth-order valence-electron chi connectivity index (χ4n) is 1.08. The Labute approximate surface area is 77.8 Å². The number of aromatic nitrogens is 1. The summed E-state index contributed by atoms with van der Waals surface area (Å²) in [6.45, 7) is 2.11. The van der Waals surface area contributed by atoms with Crippen LogP contribution in [0.3, 0.4) is 0 Å². The van der Waals surface area contributed by atoms with Crippen molar-refractivity contribution in [2.24, 2.45) is 5.73 Å². The van der Waals surface area contributed by atoms with E-state index in [0.717, 1.165) is 18.4 Å². The van der Waals surface area contributed by atoms with Crippen molar-refractivity contribution in [1.29, 1.82) is 0 Å². The number of halogens is 1. The van der Waals surface area contributed by atoms with Crippen molar-refractivity contribution in [3.05, 3.63) is 29.0 Å². The summed E-state index contributed by atoms with van der Waals surface area (Å²) in [6, 6.07) is 3.79. The van der Waals surface area contributed by atoms with E-state index in [1.54, 1.807) is 12.3 Å². The van der Waals surface area contributed by atoms with E-state index in [1.165, 1.54) is 0 Å². The molecule has 2 N–H and O–H groups in total. The molecule has 0 spiro atoms. The summed E-state index contributed by atoms with van der Waals surface area (Å²) in [5, 5.41) is 0.516. The van der Waals surface area contributed by atoms with Gasteiger partial charge in [0.05, 0.1) is 0 Å². The maximum absolute atomic E-state index is 5.87. The molecular formula is C9H13ClN2. The average Bonchev–Trinajstić information content (AvgIpc) is 2.06. The summed E-state index contributed by atoms with van der Waals surface area (Å²) in [7, 11) is 0. The van der Waals surface area contributed by atoms with Gasteiger partial charge >= 0.3 is 0 Å². The zero-order chi connectivity index (χ0) is 8.97. The van der Waals surface area contributed by atoms with E-state index >= 15 is 0 Å². The molecule has 0 unspecified atom stereocenters. The SMILES string of the molecule is CCC[C@H](N)c1ccc(Cl)nc1. The van der Waals surface area contributed by atoms with Gasteiger partial charge in [-0.3, -0.25) is 0 Å². The van der Waals surface area contributed by atoms with Gasteiger partial charge in [0, 0.05) is 12.2 Å². The van der Waals surface area contributed by atoms with Gasteiger partial charge in [-0.15, -0.1) is 0 Å². The monoisotopic (exact) mass is 184 g/mol. The van der Waals surface area contributed by atoms with Crippen LogP contribution < -0.4 is 5.73 Å². The van der Waals surface area contributed by atoms with E-state index in [4.69, 9.17) is 17.3 Å². The van der Waals surface area contributed by atoms with Crippen LogP contribution in [0.4, 0.5) is 0 Å². The van der Waals surface area contributed by atoms with Crippen molar-refractivity contribution >= 4 is 11.6 Å². The molecule has 1 heterocycles. The Morgan fingerprint density at radius 2 is 2.33 bits per heavy atom. The second-order valence-electron chi connectivity index (χ2n) is 2.81. The minimum absolute atomic E-state index is 0.0970. The maximum atomic E-state index is 5.87. The second-order valence-corrected chi connectivity index (χ2v) is 3.20. The van der Waals surface area contributed by atoms with Gasteiger partial charge in [-0.2, -0.15) is 0 Å². The molecule has 0 aromatic carbocycles. The van der Waals surface area contributed by atoms with Crippen molar-refractivity contribution in [1.82, 2.24) is 4.98 Å². The molecule has 1 aromatic heterocycles. The van der Waals surface area contributed by atoms with Crippen molar-refractivity contribution in [3.63, 3.8) is 0 Å². The van der Waals surface area contributed by atoms with E-state index in [2.05, 4.69) is 11.9 Å². The number of rotatable bonds is 3. The predicted molar refractivity (Wildman–Crippen MR) is 51.1 cm³/mol. The highest BCUT2D eigenvalue weighted by Crippen LogP contribution is 2.15. The first-order valence-electron chi connectivity index (χ1n) is 4.11. The van der Waals surface area contributed by atoms with Gasteiger partial charge in [-0.25, -0.2) is 4.98 Å². The second kappa shape index (κ2) is 4.43. The number of nitrogens with two attached hydrogens (primary N) is 1. The first-order chi connectivity index (χ1) is 5.74. The molecule has 12 heavy (non-hydrogen) atoms. The van der Waals surface area contributed by atoms with E-state index in [0.29, 0.717) is 5.15 Å². The molecule has 1 atom stereocenters. The molecule has 0 aliphatic rings. The third kappa shape index (κ3) is 2.47. The number of hydrogen-bond acceptors (Lipinski definition) is 2. The molecule has 0 saturated heterocycles. The number of nitrogens with zero attached hydrogens (tertiary/aromatic N) is 1.